The molecule has 0 aliphatic carbocycles. The van der Waals surface area contributed by atoms with Crippen LogP contribution in [-0.2, 0) is 14.3 Å². The quantitative estimate of drug-likeness (QED) is 0.278. The normalized spacial score (nSPS) is 11.3. The van der Waals surface area contributed by atoms with Gasteiger partial charge < -0.3 is 19.9 Å². The minimum absolute atomic E-state index is 0. The fourth-order valence-corrected chi connectivity index (χ4v) is 1.27. The Morgan fingerprint density at radius 1 is 1.18 bits per heavy atom. The average molecular weight is 236 g/mol. The Balaban J connectivity index is -0.000000320. The molecule has 0 aromatic heterocycles. The van der Waals surface area contributed by atoms with Crippen molar-refractivity contribution in [1.82, 2.24) is 0 Å². The van der Waals surface area contributed by atoms with E-state index in [1.54, 1.807) is 0 Å². The Bertz CT molecular complexity index is 175. The van der Waals surface area contributed by atoms with Gasteiger partial charge in [0.1, 0.15) is 0 Å². The van der Waals surface area contributed by atoms with Gasteiger partial charge in [0.2, 0.25) is 0 Å². The molecule has 0 rings (SSSR count). The van der Waals surface area contributed by atoms with E-state index in [1.165, 1.54) is 0 Å². The summed E-state index contributed by atoms with van der Waals surface area (Å²) < 4.78 is 29.7. The molecular formula is H8CaO8SSi. The van der Waals surface area contributed by atoms with E-state index in [9.17, 15) is 8.42 Å². The predicted molar refractivity (Wildman–Crippen MR) is 37.2 cm³/mol. The molecule has 0 unspecified atom stereocenters. The fourth-order valence-electron chi connectivity index (χ4n) is 0.141. The zero-order chi connectivity index (χ0) is 7.71. The molecule has 0 atom stereocenters. The van der Waals surface area contributed by atoms with Crippen molar-refractivity contribution in [3.63, 3.8) is 0 Å². The maximum absolute atomic E-state index is 9.53. The van der Waals surface area contributed by atoms with E-state index >= 15 is 0 Å². The predicted octanol–water partition coefficient (Wildman–Crippen LogP) is -4.52. The zero-order valence-electron chi connectivity index (χ0n) is 4.42. The third kappa shape index (κ3) is 18.3. The van der Waals surface area contributed by atoms with Gasteiger partial charge in [-0.15, -0.1) is 0 Å². The maximum atomic E-state index is 9.53. The molecule has 8 nitrogen and oxygen atoms in total. The van der Waals surface area contributed by atoms with Crippen LogP contribution in [0.15, 0.2) is 0 Å². The van der Waals surface area contributed by atoms with Crippen LogP contribution in [0.1, 0.15) is 0 Å². The monoisotopic (exact) mass is 236 g/mol. The van der Waals surface area contributed by atoms with Gasteiger partial charge in [-0.3, -0.25) is 4.55 Å². The van der Waals surface area contributed by atoms with Crippen molar-refractivity contribution in [3.8, 4) is 0 Å². The van der Waals surface area contributed by atoms with Crippen LogP contribution < -0.4 is 0 Å². The molecule has 0 saturated carbocycles. The van der Waals surface area contributed by atoms with Crippen molar-refractivity contribution in [1.29, 1.82) is 0 Å². The van der Waals surface area contributed by atoms with Crippen LogP contribution in [0.2, 0.25) is 0 Å². The zero-order valence-corrected chi connectivity index (χ0v) is 6.24. The van der Waals surface area contributed by atoms with Crippen molar-refractivity contribution in [2.45, 2.75) is 0 Å². The summed E-state index contributed by atoms with van der Waals surface area (Å²) in [6.07, 6.45) is 0. The van der Waals surface area contributed by atoms with Gasteiger partial charge in [0.25, 0.3) is 0 Å². The van der Waals surface area contributed by atoms with Crippen LogP contribution in [0, 0.1) is 0 Å². The second-order valence-electron chi connectivity index (χ2n) is 1.08. The molecule has 11 heavy (non-hydrogen) atoms. The van der Waals surface area contributed by atoms with Crippen molar-refractivity contribution in [3.05, 3.63) is 0 Å². The number of hydrogen-bond acceptors (Lipinski definition) is 6. The standard InChI is InChI=1S/Ca.H4O7SSi.H2O.2H/c;1-8(2,3)7-9(4,5)6;;;/h;4-6H,(H,1,2,3);1H2;;. The first kappa shape index (κ1) is 18.1. The summed E-state index contributed by atoms with van der Waals surface area (Å²) in [6.45, 7) is 0. The van der Waals surface area contributed by atoms with Gasteiger partial charge in [-0.05, 0) is 0 Å². The van der Waals surface area contributed by atoms with E-state index in [1.807, 2.05) is 0 Å². The van der Waals surface area contributed by atoms with Gasteiger partial charge in [0.05, 0.1) is 0 Å². The molecule has 0 radical (unpaired) electrons. The third-order valence-corrected chi connectivity index (χ3v) is 1.95. The molecule has 0 saturated heterocycles. The van der Waals surface area contributed by atoms with E-state index in [4.69, 9.17) is 18.9 Å². The van der Waals surface area contributed by atoms with Gasteiger partial charge in [-0.2, -0.15) is 8.42 Å². The molecule has 0 bridgehead atoms. The summed E-state index contributed by atoms with van der Waals surface area (Å²) in [5.41, 5.74) is 0. The van der Waals surface area contributed by atoms with Gasteiger partial charge in [-0.1, -0.05) is 0 Å². The molecule has 11 heteroatoms. The Hall–Kier alpha value is 1.19. The second kappa shape index (κ2) is 5.77. The van der Waals surface area contributed by atoms with Crippen LogP contribution in [0.3, 0.4) is 0 Å². The Morgan fingerprint density at radius 3 is 1.45 bits per heavy atom. The molecule has 0 aromatic rings. The molecule has 0 aliphatic heterocycles. The fraction of sp³-hybridized carbons (Fsp3) is 0. The third-order valence-electron chi connectivity index (χ3n) is 0.217. The first-order chi connectivity index (χ1) is 3.71. The molecule has 0 aromatic carbocycles. The van der Waals surface area contributed by atoms with E-state index < -0.39 is 19.4 Å². The van der Waals surface area contributed by atoms with Gasteiger partial charge in [-0.25, -0.2) is 3.87 Å². The Morgan fingerprint density at radius 2 is 1.45 bits per heavy atom. The SMILES string of the molecule is O.O=S(=O)(O)O[Si](O)(O)O.[CaH2]. The van der Waals surface area contributed by atoms with Crippen LogP contribution in [-0.4, -0.2) is 79.6 Å². The molecular weight excluding hydrogens is 228 g/mol. The van der Waals surface area contributed by atoms with Crippen LogP contribution in [0.5, 0.6) is 0 Å². The summed E-state index contributed by atoms with van der Waals surface area (Å²) >= 11 is 0. The average Bonchev–Trinajstić information content (AvgIpc) is 1.14. The molecule has 0 amide bonds. The Kier molecular flexibility index (Phi) is 9.47. The van der Waals surface area contributed by atoms with Crippen molar-refractivity contribution in [2.24, 2.45) is 0 Å². The molecule has 6 N–H and O–H groups in total. The summed E-state index contributed by atoms with van der Waals surface area (Å²) in [5, 5.41) is 0. The van der Waals surface area contributed by atoms with Crippen molar-refractivity contribution in [2.75, 3.05) is 0 Å². The first-order valence-electron chi connectivity index (χ1n) is 1.56. The van der Waals surface area contributed by atoms with E-state index in [2.05, 4.69) is 3.87 Å². The molecule has 68 valence electrons. The number of hydrogen-bond donors (Lipinski definition) is 4. The second-order valence-corrected chi connectivity index (χ2v) is 3.75. The van der Waals surface area contributed by atoms with Crippen molar-refractivity contribution >= 4 is 57.2 Å². The van der Waals surface area contributed by atoms with Crippen LogP contribution in [0.4, 0.5) is 0 Å². The summed E-state index contributed by atoms with van der Waals surface area (Å²) in [5.74, 6) is 0. The van der Waals surface area contributed by atoms with E-state index in [-0.39, 0.29) is 43.2 Å². The summed E-state index contributed by atoms with van der Waals surface area (Å²) in [4.78, 5) is 23.5. The molecule has 0 fully saturated rings. The summed E-state index contributed by atoms with van der Waals surface area (Å²) in [7, 11) is -10.1. The van der Waals surface area contributed by atoms with Crippen molar-refractivity contribution < 1.29 is 36.7 Å². The van der Waals surface area contributed by atoms with Gasteiger partial charge >= 0.3 is 57.2 Å². The van der Waals surface area contributed by atoms with Gasteiger partial charge in [0, 0.05) is 0 Å². The van der Waals surface area contributed by atoms with E-state index in [0.717, 1.165) is 0 Å². The van der Waals surface area contributed by atoms with Crippen LogP contribution >= 0.6 is 0 Å². The Labute approximate surface area is 93.2 Å². The molecule has 0 heterocycles. The van der Waals surface area contributed by atoms with Gasteiger partial charge in [0.15, 0.2) is 0 Å². The number of rotatable bonds is 2. The topological polar surface area (TPSA) is 156 Å². The van der Waals surface area contributed by atoms with Crippen LogP contribution in [0.25, 0.3) is 0 Å². The molecule has 0 spiro atoms. The van der Waals surface area contributed by atoms with E-state index in [0.29, 0.717) is 0 Å². The summed E-state index contributed by atoms with van der Waals surface area (Å²) in [6, 6.07) is 0. The molecule has 0 aliphatic rings. The first-order valence-corrected chi connectivity index (χ1v) is 4.67. The minimum atomic E-state index is -5.13.